The maximum Gasteiger partial charge on any atom is 0.0250 e. The fraction of sp³-hybridized carbons (Fsp3) is 0.364. The Morgan fingerprint density at radius 1 is 1.23 bits per heavy atom. The van der Waals surface area contributed by atoms with Crippen molar-refractivity contribution in [2.45, 2.75) is 20.8 Å². The third-order valence-electron chi connectivity index (χ3n) is 1.21. The lowest BCUT2D eigenvalue weighted by Gasteiger charge is -1.91. The maximum absolute atomic E-state index is 6.92. The molecule has 2 heteroatoms. The van der Waals surface area contributed by atoms with Crippen LogP contribution in [0.4, 0.5) is 0 Å². The number of benzene rings is 1. The van der Waals surface area contributed by atoms with Crippen LogP contribution in [0.5, 0.6) is 0 Å². The van der Waals surface area contributed by atoms with E-state index in [1.54, 1.807) is 0 Å². The van der Waals surface area contributed by atoms with Crippen molar-refractivity contribution in [2.24, 2.45) is 5.73 Å². The van der Waals surface area contributed by atoms with Crippen molar-refractivity contribution in [3.8, 4) is 0 Å². The summed E-state index contributed by atoms with van der Waals surface area (Å²) in [6.45, 7) is 6.02. The quantitative estimate of drug-likeness (QED) is 0.641. The fourth-order valence-corrected chi connectivity index (χ4v) is 0.760. The molecule has 0 unspecified atom stereocenters. The number of nitrogens with one attached hydrogen (secondary N) is 1. The normalized spacial score (nSPS) is 7.15. The summed E-state index contributed by atoms with van der Waals surface area (Å²) in [6.07, 6.45) is 1.35. The molecule has 2 nitrogen and oxygen atoms in total. The molecule has 0 fully saturated rings. The van der Waals surface area contributed by atoms with E-state index in [-0.39, 0.29) is 0 Å². The van der Waals surface area contributed by atoms with Gasteiger partial charge in [-0.05, 0) is 19.5 Å². The smallest absolute Gasteiger partial charge is 0.0250 e. The van der Waals surface area contributed by atoms with Crippen LogP contribution < -0.4 is 5.73 Å². The molecule has 3 N–H and O–H groups in total. The Balaban J connectivity index is 0. The first kappa shape index (κ1) is 14.4. The molecule has 0 saturated heterocycles. The van der Waals surface area contributed by atoms with Crippen LogP contribution in [0.25, 0.3) is 0 Å². The number of hydrogen-bond donors (Lipinski definition) is 2. The second kappa shape index (κ2) is 10.8. The Kier molecular flexibility index (Phi) is 12.0. The van der Waals surface area contributed by atoms with Crippen LogP contribution in [0.3, 0.4) is 0 Å². The van der Waals surface area contributed by atoms with Gasteiger partial charge < -0.3 is 11.1 Å². The molecule has 13 heavy (non-hydrogen) atoms. The molecule has 0 amide bonds. The van der Waals surface area contributed by atoms with Gasteiger partial charge in [0.25, 0.3) is 0 Å². The average Bonchev–Trinajstić information content (AvgIpc) is 2.24. The second-order valence-electron chi connectivity index (χ2n) is 2.06. The zero-order valence-corrected chi connectivity index (χ0v) is 8.96. The lowest BCUT2D eigenvalue weighted by atomic mass is 10.2. The molecule has 0 radical (unpaired) electrons. The molecule has 1 aromatic carbocycles. The molecule has 0 aliphatic heterocycles. The van der Waals surface area contributed by atoms with Crippen LogP contribution in [-0.4, -0.2) is 13.3 Å². The standard InChI is InChI=1S/C8H9N.C2H6.CH5N/c1-7-3-2-4-8(5-7)6-9;2*1-2/h2-6,9H,1H3;1-2H3;2H2,1H3. The predicted octanol–water partition coefficient (Wildman–Crippen LogP) is 2.59. The van der Waals surface area contributed by atoms with Crippen LogP contribution >= 0.6 is 0 Å². The van der Waals surface area contributed by atoms with Crippen molar-refractivity contribution in [1.82, 2.24) is 0 Å². The minimum atomic E-state index is 0.968. The Morgan fingerprint density at radius 2 is 1.77 bits per heavy atom. The number of hydrogen-bond acceptors (Lipinski definition) is 2. The Bertz CT molecular complexity index is 219. The summed E-state index contributed by atoms with van der Waals surface area (Å²) in [5, 5.41) is 6.92. The van der Waals surface area contributed by atoms with Crippen molar-refractivity contribution in [3.63, 3.8) is 0 Å². The van der Waals surface area contributed by atoms with Gasteiger partial charge in [0.15, 0.2) is 0 Å². The number of nitrogens with two attached hydrogens (primary N) is 1. The minimum absolute atomic E-state index is 0.968. The summed E-state index contributed by atoms with van der Waals surface area (Å²) in [4.78, 5) is 0. The molecular formula is C11H20N2. The average molecular weight is 180 g/mol. The molecule has 0 aromatic heterocycles. The Hall–Kier alpha value is -1.15. The zero-order chi connectivity index (χ0) is 10.7. The molecule has 0 aliphatic rings. The molecule has 1 rings (SSSR count). The van der Waals surface area contributed by atoms with Gasteiger partial charge in [0.1, 0.15) is 0 Å². The monoisotopic (exact) mass is 180 g/mol. The molecule has 74 valence electrons. The van der Waals surface area contributed by atoms with Gasteiger partial charge in [-0.15, -0.1) is 0 Å². The third-order valence-corrected chi connectivity index (χ3v) is 1.21. The lowest BCUT2D eigenvalue weighted by molar-refractivity contribution is 1.45. The number of rotatable bonds is 1. The fourth-order valence-electron chi connectivity index (χ4n) is 0.760. The Morgan fingerprint density at radius 3 is 2.08 bits per heavy atom. The second-order valence-corrected chi connectivity index (χ2v) is 2.06. The van der Waals surface area contributed by atoms with Gasteiger partial charge in [0.05, 0.1) is 0 Å². The highest BCUT2D eigenvalue weighted by atomic mass is 14.4. The van der Waals surface area contributed by atoms with Crippen LogP contribution in [-0.2, 0) is 0 Å². The summed E-state index contributed by atoms with van der Waals surface area (Å²) in [5.74, 6) is 0. The van der Waals surface area contributed by atoms with E-state index in [1.807, 2.05) is 45.0 Å². The zero-order valence-electron chi connectivity index (χ0n) is 8.96. The molecule has 0 aliphatic carbocycles. The van der Waals surface area contributed by atoms with Crippen molar-refractivity contribution >= 4 is 6.21 Å². The van der Waals surface area contributed by atoms with Gasteiger partial charge >= 0.3 is 0 Å². The van der Waals surface area contributed by atoms with E-state index >= 15 is 0 Å². The van der Waals surface area contributed by atoms with Crippen LogP contribution in [0.2, 0.25) is 0 Å². The first-order valence-electron chi connectivity index (χ1n) is 4.48. The molecule has 0 saturated carbocycles. The highest BCUT2D eigenvalue weighted by Gasteiger charge is 1.84. The molecule has 0 atom stereocenters. The Labute approximate surface area is 81.3 Å². The van der Waals surface area contributed by atoms with Crippen LogP contribution in [0, 0.1) is 12.3 Å². The highest BCUT2D eigenvalue weighted by molar-refractivity contribution is 5.76. The lowest BCUT2D eigenvalue weighted by Crippen LogP contribution is -1.78. The SMILES string of the molecule is CC.CN.Cc1cccc(C=N)c1. The summed E-state index contributed by atoms with van der Waals surface area (Å²) >= 11 is 0. The largest absolute Gasteiger partial charge is 0.333 e. The van der Waals surface area contributed by atoms with Gasteiger partial charge in [-0.1, -0.05) is 43.7 Å². The summed E-state index contributed by atoms with van der Waals surface area (Å²) in [6, 6.07) is 7.87. The maximum atomic E-state index is 6.92. The van der Waals surface area contributed by atoms with Crippen molar-refractivity contribution in [1.29, 1.82) is 5.41 Å². The molecular weight excluding hydrogens is 160 g/mol. The van der Waals surface area contributed by atoms with E-state index in [0.29, 0.717) is 0 Å². The van der Waals surface area contributed by atoms with Gasteiger partial charge in [-0.3, -0.25) is 0 Å². The van der Waals surface area contributed by atoms with Gasteiger partial charge in [0, 0.05) is 6.21 Å². The third kappa shape index (κ3) is 7.22. The summed E-state index contributed by atoms with van der Waals surface area (Å²) < 4.78 is 0. The van der Waals surface area contributed by atoms with Gasteiger partial charge in [-0.2, -0.15) is 0 Å². The number of aryl methyl sites for hydroxylation is 1. The summed E-state index contributed by atoms with van der Waals surface area (Å²) in [7, 11) is 1.50. The van der Waals surface area contributed by atoms with Crippen LogP contribution in [0.15, 0.2) is 24.3 Å². The van der Waals surface area contributed by atoms with Crippen LogP contribution in [0.1, 0.15) is 25.0 Å². The van der Waals surface area contributed by atoms with Gasteiger partial charge in [-0.25, -0.2) is 0 Å². The van der Waals surface area contributed by atoms with E-state index in [4.69, 9.17) is 5.41 Å². The minimum Gasteiger partial charge on any atom is -0.333 e. The van der Waals surface area contributed by atoms with Gasteiger partial charge in [0.2, 0.25) is 0 Å². The van der Waals surface area contributed by atoms with E-state index in [1.165, 1.54) is 18.8 Å². The topological polar surface area (TPSA) is 49.9 Å². The molecule has 0 heterocycles. The first-order valence-corrected chi connectivity index (χ1v) is 4.48. The van der Waals surface area contributed by atoms with E-state index in [9.17, 15) is 0 Å². The molecule has 0 spiro atoms. The molecule has 1 aromatic rings. The molecule has 0 bridgehead atoms. The highest BCUT2D eigenvalue weighted by Crippen LogP contribution is 1.99. The van der Waals surface area contributed by atoms with E-state index < -0.39 is 0 Å². The van der Waals surface area contributed by atoms with E-state index in [2.05, 4.69) is 5.73 Å². The summed E-state index contributed by atoms with van der Waals surface area (Å²) in [5.41, 5.74) is 6.67. The van der Waals surface area contributed by atoms with Crippen molar-refractivity contribution in [3.05, 3.63) is 35.4 Å². The van der Waals surface area contributed by atoms with Crippen molar-refractivity contribution < 1.29 is 0 Å². The predicted molar refractivity (Wildman–Crippen MR) is 60.5 cm³/mol. The first-order chi connectivity index (χ1) is 6.33. The van der Waals surface area contributed by atoms with Crippen molar-refractivity contribution in [2.75, 3.05) is 7.05 Å². The van der Waals surface area contributed by atoms with E-state index in [0.717, 1.165) is 5.56 Å².